The number of nitrogens with zero attached hydrogens (tertiary/aromatic N) is 2. The van der Waals surface area contributed by atoms with E-state index in [2.05, 4.69) is 25.5 Å². The maximum atomic E-state index is 6.20. The van der Waals surface area contributed by atoms with Gasteiger partial charge < -0.3 is 10.3 Å². The Morgan fingerprint density at radius 2 is 2.23 bits per heavy atom. The van der Waals surface area contributed by atoms with E-state index < -0.39 is 0 Å². The molecule has 3 rings (SSSR count). The predicted octanol–water partition coefficient (Wildman–Crippen LogP) is 1.54. The van der Waals surface area contributed by atoms with Gasteiger partial charge in [0.1, 0.15) is 10.4 Å². The fourth-order valence-corrected chi connectivity index (χ4v) is 2.95. The average Bonchev–Trinajstić information content (AvgIpc) is 2.55. The van der Waals surface area contributed by atoms with Crippen LogP contribution in [0.4, 0.5) is 0 Å². The molecule has 0 spiro atoms. The molecule has 0 amide bonds. The number of hydrogen-bond donors (Lipinski definition) is 1. The molecule has 2 aliphatic rings. The highest BCUT2D eigenvalue weighted by Gasteiger charge is 2.45. The molecule has 13 heavy (non-hydrogen) atoms. The standard InChI is InChI=1S/C9H12BrN3/c10-8-7(9(11)3-4-9)13-5-1-2-6(13)12-8/h1-5,11H2. The van der Waals surface area contributed by atoms with Crippen molar-refractivity contribution in [2.24, 2.45) is 5.73 Å². The monoisotopic (exact) mass is 241 g/mol. The van der Waals surface area contributed by atoms with Gasteiger partial charge in [0, 0.05) is 13.0 Å². The lowest BCUT2D eigenvalue weighted by Gasteiger charge is -2.11. The summed E-state index contributed by atoms with van der Waals surface area (Å²) in [5, 5.41) is 0. The SMILES string of the molecule is NC1(c2c(Br)nc3n2CCC3)CC1. The van der Waals surface area contributed by atoms with E-state index in [-0.39, 0.29) is 5.54 Å². The predicted molar refractivity (Wildman–Crippen MR) is 53.3 cm³/mol. The molecule has 0 bridgehead atoms. The molecule has 0 unspecified atom stereocenters. The third-order valence-corrected chi connectivity index (χ3v) is 3.60. The summed E-state index contributed by atoms with van der Waals surface area (Å²) in [6.45, 7) is 1.10. The Morgan fingerprint density at radius 1 is 1.46 bits per heavy atom. The zero-order valence-corrected chi connectivity index (χ0v) is 8.97. The van der Waals surface area contributed by atoms with Crippen LogP contribution in [0.15, 0.2) is 4.60 Å². The van der Waals surface area contributed by atoms with E-state index in [0.29, 0.717) is 0 Å². The van der Waals surface area contributed by atoms with Crippen molar-refractivity contribution < 1.29 is 0 Å². The summed E-state index contributed by atoms with van der Waals surface area (Å²) in [5.74, 6) is 1.21. The molecular formula is C9H12BrN3. The lowest BCUT2D eigenvalue weighted by molar-refractivity contribution is 0.615. The lowest BCUT2D eigenvalue weighted by Crippen LogP contribution is -2.23. The molecule has 2 heterocycles. The van der Waals surface area contributed by atoms with E-state index in [0.717, 1.165) is 30.4 Å². The van der Waals surface area contributed by atoms with Gasteiger partial charge in [0.05, 0.1) is 11.2 Å². The first-order valence-corrected chi connectivity index (χ1v) is 5.54. The number of hydrogen-bond acceptors (Lipinski definition) is 2. The first kappa shape index (κ1) is 8.00. The van der Waals surface area contributed by atoms with Gasteiger partial charge in [-0.3, -0.25) is 0 Å². The van der Waals surface area contributed by atoms with Gasteiger partial charge in [0.2, 0.25) is 0 Å². The minimum atomic E-state index is -0.0611. The van der Waals surface area contributed by atoms with E-state index >= 15 is 0 Å². The second-order valence-corrected chi connectivity index (χ2v) is 4.83. The number of halogens is 1. The number of aryl methyl sites for hydroxylation is 1. The zero-order valence-electron chi connectivity index (χ0n) is 7.39. The van der Waals surface area contributed by atoms with Gasteiger partial charge in [-0.15, -0.1) is 0 Å². The normalized spacial score (nSPS) is 23.2. The van der Waals surface area contributed by atoms with Crippen LogP contribution in [0.25, 0.3) is 0 Å². The Kier molecular flexibility index (Phi) is 1.45. The van der Waals surface area contributed by atoms with Crippen molar-refractivity contribution in [3.63, 3.8) is 0 Å². The smallest absolute Gasteiger partial charge is 0.129 e. The van der Waals surface area contributed by atoms with E-state index in [1.54, 1.807) is 0 Å². The van der Waals surface area contributed by atoms with Crippen LogP contribution in [0, 0.1) is 0 Å². The number of aromatic nitrogens is 2. The highest BCUT2D eigenvalue weighted by atomic mass is 79.9. The van der Waals surface area contributed by atoms with Crippen molar-refractivity contribution >= 4 is 15.9 Å². The Bertz CT molecular complexity index is 365. The van der Waals surface area contributed by atoms with Crippen LogP contribution in [0.3, 0.4) is 0 Å². The summed E-state index contributed by atoms with van der Waals surface area (Å²) in [4.78, 5) is 4.50. The lowest BCUT2D eigenvalue weighted by atomic mass is 10.2. The van der Waals surface area contributed by atoms with Gasteiger partial charge in [-0.25, -0.2) is 4.98 Å². The summed E-state index contributed by atoms with van der Waals surface area (Å²) in [6.07, 6.45) is 4.54. The maximum absolute atomic E-state index is 6.20. The molecule has 0 atom stereocenters. The molecule has 1 aliphatic carbocycles. The van der Waals surface area contributed by atoms with Crippen LogP contribution in [-0.4, -0.2) is 9.55 Å². The van der Waals surface area contributed by atoms with E-state index in [1.807, 2.05) is 0 Å². The number of imidazole rings is 1. The largest absolute Gasteiger partial charge is 0.329 e. The zero-order chi connectivity index (χ0) is 9.05. The topological polar surface area (TPSA) is 43.8 Å². The molecule has 0 aromatic carbocycles. The maximum Gasteiger partial charge on any atom is 0.129 e. The van der Waals surface area contributed by atoms with Crippen LogP contribution in [0.1, 0.15) is 30.8 Å². The molecule has 1 aliphatic heterocycles. The van der Waals surface area contributed by atoms with Crippen molar-refractivity contribution in [1.82, 2.24) is 9.55 Å². The number of fused-ring (bicyclic) bond motifs is 1. The van der Waals surface area contributed by atoms with Crippen molar-refractivity contribution in [1.29, 1.82) is 0 Å². The van der Waals surface area contributed by atoms with E-state index in [1.165, 1.54) is 17.9 Å². The van der Waals surface area contributed by atoms with Crippen LogP contribution in [0.2, 0.25) is 0 Å². The van der Waals surface area contributed by atoms with Crippen molar-refractivity contribution in [2.45, 2.75) is 37.8 Å². The van der Waals surface area contributed by atoms with Gasteiger partial charge >= 0.3 is 0 Å². The first-order chi connectivity index (χ1) is 6.21. The summed E-state index contributed by atoms with van der Waals surface area (Å²) in [6, 6.07) is 0. The molecular weight excluding hydrogens is 230 g/mol. The Morgan fingerprint density at radius 3 is 2.92 bits per heavy atom. The van der Waals surface area contributed by atoms with Crippen LogP contribution in [-0.2, 0) is 18.5 Å². The second kappa shape index (κ2) is 2.36. The summed E-state index contributed by atoms with van der Waals surface area (Å²) in [7, 11) is 0. The fourth-order valence-electron chi connectivity index (χ4n) is 2.14. The highest BCUT2D eigenvalue weighted by Crippen LogP contribution is 2.46. The molecule has 0 radical (unpaired) electrons. The minimum Gasteiger partial charge on any atom is -0.329 e. The van der Waals surface area contributed by atoms with Crippen LogP contribution >= 0.6 is 15.9 Å². The highest BCUT2D eigenvalue weighted by molar-refractivity contribution is 9.10. The summed E-state index contributed by atoms with van der Waals surface area (Å²) >= 11 is 3.51. The molecule has 2 N–H and O–H groups in total. The molecule has 4 heteroatoms. The molecule has 70 valence electrons. The van der Waals surface area contributed by atoms with E-state index in [9.17, 15) is 0 Å². The van der Waals surface area contributed by atoms with E-state index in [4.69, 9.17) is 5.73 Å². The molecule has 1 fully saturated rings. The summed E-state index contributed by atoms with van der Waals surface area (Å²) < 4.78 is 3.28. The molecule has 0 saturated heterocycles. The number of nitrogens with two attached hydrogens (primary N) is 1. The van der Waals surface area contributed by atoms with Crippen molar-refractivity contribution in [3.8, 4) is 0 Å². The quantitative estimate of drug-likeness (QED) is 0.811. The van der Waals surface area contributed by atoms with Crippen molar-refractivity contribution in [2.75, 3.05) is 0 Å². The van der Waals surface area contributed by atoms with Crippen LogP contribution < -0.4 is 5.73 Å². The Hall–Kier alpha value is -0.350. The van der Waals surface area contributed by atoms with Gasteiger partial charge in [-0.2, -0.15) is 0 Å². The van der Waals surface area contributed by atoms with Crippen LogP contribution in [0.5, 0.6) is 0 Å². The third-order valence-electron chi connectivity index (χ3n) is 3.05. The third kappa shape index (κ3) is 1.02. The number of rotatable bonds is 1. The van der Waals surface area contributed by atoms with Gasteiger partial charge in [0.15, 0.2) is 0 Å². The molecule has 1 aromatic rings. The minimum absolute atomic E-state index is 0.0611. The first-order valence-electron chi connectivity index (χ1n) is 4.75. The van der Waals surface area contributed by atoms with Crippen molar-refractivity contribution in [3.05, 3.63) is 16.1 Å². The van der Waals surface area contributed by atoms with Gasteiger partial charge in [0.25, 0.3) is 0 Å². The molecule has 3 nitrogen and oxygen atoms in total. The molecule has 1 saturated carbocycles. The fraction of sp³-hybridized carbons (Fsp3) is 0.667. The van der Waals surface area contributed by atoms with Gasteiger partial charge in [-0.1, -0.05) is 0 Å². The summed E-state index contributed by atoms with van der Waals surface area (Å²) in [5.41, 5.74) is 7.37. The van der Waals surface area contributed by atoms with Gasteiger partial charge in [-0.05, 0) is 35.2 Å². The molecule has 1 aromatic heterocycles. The second-order valence-electron chi connectivity index (χ2n) is 4.08. The Labute approximate surface area is 85.5 Å². The Balaban J connectivity index is 2.17. The average molecular weight is 242 g/mol.